The summed E-state index contributed by atoms with van der Waals surface area (Å²) in [6.07, 6.45) is 4.90. The van der Waals surface area contributed by atoms with Crippen LogP contribution in [-0.2, 0) is 14.4 Å². The molecule has 7 atom stereocenters. The highest BCUT2D eigenvalue weighted by atomic mass is 35.5. The van der Waals surface area contributed by atoms with E-state index in [-0.39, 0.29) is 42.0 Å². The number of aliphatic hydroxyl groups excluding tert-OH is 1. The van der Waals surface area contributed by atoms with Crippen LogP contribution >= 0.6 is 23.4 Å². The fraction of sp³-hybridized carbons (Fsp3) is 0.441. The molecule has 3 fully saturated rings. The van der Waals surface area contributed by atoms with Crippen molar-refractivity contribution in [2.24, 2.45) is 17.8 Å². The SMILES string of the molecule is C=CCN(CCC)C(=O)[C@@H]1[C@@H]2CC(C)C3(S2)C(C(=O)N(CC=C)c2ccc(Cl)cc2)N([C@H](CO)c2ccccc2)C(=O)[C@H]13. The van der Waals surface area contributed by atoms with Gasteiger partial charge in [0.25, 0.3) is 5.91 Å². The standard InChI is InChI=1S/C34H40ClN3O4S/c1-5-17-36(18-6-2)31(40)28-27-20-22(4)34(43-27)29(28)32(41)38(26(21-39)23-11-9-8-10-12-23)30(34)33(42)37(19-7-3)25-15-13-24(35)14-16-25/h5,7-16,22,26-30,39H,1,3,6,17-21H2,2,4H3/t22?,26-,27+,28-,29+,30?,34?/m1/s1. The maximum atomic E-state index is 15.0. The lowest BCUT2D eigenvalue weighted by Crippen LogP contribution is -2.58. The van der Waals surface area contributed by atoms with Gasteiger partial charge in [-0.25, -0.2) is 0 Å². The number of aliphatic hydroxyl groups is 1. The summed E-state index contributed by atoms with van der Waals surface area (Å²) < 4.78 is -0.834. The number of thioether (sulfide) groups is 1. The van der Waals surface area contributed by atoms with Crippen LogP contribution in [0, 0.1) is 17.8 Å². The molecule has 2 aromatic carbocycles. The first-order valence-electron chi connectivity index (χ1n) is 15.0. The lowest BCUT2D eigenvalue weighted by molar-refractivity contribution is -0.145. The number of carbonyl (C=O) groups excluding carboxylic acids is 3. The highest BCUT2D eigenvalue weighted by molar-refractivity contribution is 8.02. The maximum Gasteiger partial charge on any atom is 0.251 e. The van der Waals surface area contributed by atoms with Crippen molar-refractivity contribution in [1.82, 2.24) is 9.80 Å². The number of rotatable bonds is 12. The number of hydrogen-bond donors (Lipinski definition) is 1. The van der Waals surface area contributed by atoms with Crippen LogP contribution < -0.4 is 4.90 Å². The van der Waals surface area contributed by atoms with E-state index in [9.17, 15) is 19.5 Å². The summed E-state index contributed by atoms with van der Waals surface area (Å²) in [5.41, 5.74) is 1.38. The Kier molecular flexibility index (Phi) is 9.40. The predicted octanol–water partition coefficient (Wildman–Crippen LogP) is 5.35. The van der Waals surface area contributed by atoms with Crippen molar-refractivity contribution in [3.63, 3.8) is 0 Å². The van der Waals surface area contributed by atoms with Gasteiger partial charge in [-0.05, 0) is 48.6 Å². The molecule has 1 spiro atoms. The van der Waals surface area contributed by atoms with E-state index in [0.29, 0.717) is 23.8 Å². The Labute approximate surface area is 263 Å². The molecule has 43 heavy (non-hydrogen) atoms. The van der Waals surface area contributed by atoms with E-state index in [2.05, 4.69) is 20.1 Å². The molecule has 0 saturated carbocycles. The molecule has 0 radical (unpaired) electrons. The average molecular weight is 622 g/mol. The Balaban J connectivity index is 1.66. The number of likely N-dealkylation sites (tertiary alicyclic amines) is 1. The number of amides is 3. The van der Waals surface area contributed by atoms with Crippen molar-refractivity contribution in [1.29, 1.82) is 0 Å². The molecule has 2 aromatic rings. The molecular weight excluding hydrogens is 582 g/mol. The van der Waals surface area contributed by atoms with Crippen molar-refractivity contribution in [3.8, 4) is 0 Å². The minimum Gasteiger partial charge on any atom is -0.394 e. The van der Waals surface area contributed by atoms with E-state index in [4.69, 9.17) is 11.6 Å². The molecule has 3 saturated heterocycles. The van der Waals surface area contributed by atoms with E-state index in [0.717, 1.165) is 18.4 Å². The Morgan fingerprint density at radius 3 is 2.40 bits per heavy atom. The number of fused-ring (bicyclic) bond motifs is 1. The Hall–Kier alpha value is -3.07. The highest BCUT2D eigenvalue weighted by Crippen LogP contribution is 2.69. The number of halogens is 1. The molecule has 3 heterocycles. The Morgan fingerprint density at radius 2 is 1.79 bits per heavy atom. The van der Waals surface area contributed by atoms with Gasteiger partial charge in [-0.3, -0.25) is 14.4 Å². The second kappa shape index (κ2) is 12.9. The summed E-state index contributed by atoms with van der Waals surface area (Å²) >= 11 is 7.82. The lowest BCUT2D eigenvalue weighted by atomic mass is 9.65. The van der Waals surface area contributed by atoms with E-state index in [1.165, 1.54) is 0 Å². The van der Waals surface area contributed by atoms with Gasteiger partial charge < -0.3 is 19.8 Å². The highest BCUT2D eigenvalue weighted by Gasteiger charge is 2.77. The van der Waals surface area contributed by atoms with Crippen LogP contribution in [0.2, 0.25) is 5.02 Å². The summed E-state index contributed by atoms with van der Waals surface area (Å²) in [7, 11) is 0. The average Bonchev–Trinajstić information content (AvgIpc) is 3.60. The normalized spacial score (nSPS) is 28.0. The van der Waals surface area contributed by atoms with Gasteiger partial charge in [0, 0.05) is 35.6 Å². The Morgan fingerprint density at radius 1 is 1.12 bits per heavy atom. The van der Waals surface area contributed by atoms with Crippen molar-refractivity contribution in [3.05, 3.63) is 90.5 Å². The predicted molar refractivity (Wildman–Crippen MR) is 173 cm³/mol. The first-order valence-corrected chi connectivity index (χ1v) is 16.2. The zero-order valence-corrected chi connectivity index (χ0v) is 26.3. The largest absolute Gasteiger partial charge is 0.394 e. The molecule has 9 heteroatoms. The molecule has 0 aromatic heterocycles. The van der Waals surface area contributed by atoms with Gasteiger partial charge in [0.05, 0.1) is 29.2 Å². The molecule has 0 aliphatic carbocycles. The van der Waals surface area contributed by atoms with Crippen LogP contribution in [0.15, 0.2) is 79.9 Å². The number of benzene rings is 2. The molecule has 3 unspecified atom stereocenters. The number of carbonyl (C=O) groups is 3. The van der Waals surface area contributed by atoms with Gasteiger partial charge in [-0.15, -0.1) is 24.9 Å². The number of hydrogen-bond acceptors (Lipinski definition) is 5. The molecule has 2 bridgehead atoms. The van der Waals surface area contributed by atoms with Gasteiger partial charge in [-0.1, -0.05) is 67.9 Å². The minimum absolute atomic E-state index is 0.00982. The Bertz CT molecular complexity index is 1370. The van der Waals surface area contributed by atoms with Gasteiger partial charge in [-0.2, -0.15) is 0 Å². The first-order chi connectivity index (χ1) is 20.7. The van der Waals surface area contributed by atoms with Crippen molar-refractivity contribution in [2.45, 2.75) is 48.8 Å². The third-order valence-electron chi connectivity index (χ3n) is 9.27. The third kappa shape index (κ3) is 5.21. The molecule has 3 amide bonds. The molecule has 3 aliphatic rings. The smallest absolute Gasteiger partial charge is 0.251 e. The third-order valence-corrected chi connectivity index (χ3v) is 11.6. The number of nitrogens with zero attached hydrogens (tertiary/aromatic N) is 3. The van der Waals surface area contributed by atoms with E-state index in [1.807, 2.05) is 37.3 Å². The summed E-state index contributed by atoms with van der Waals surface area (Å²) in [5, 5.41) is 11.3. The second-order valence-corrected chi connectivity index (χ2v) is 13.7. The molecule has 3 aliphatic heterocycles. The molecule has 228 valence electrons. The lowest BCUT2D eigenvalue weighted by Gasteiger charge is -2.42. The van der Waals surface area contributed by atoms with Crippen LogP contribution in [0.3, 0.4) is 0 Å². The van der Waals surface area contributed by atoms with Crippen LogP contribution in [0.25, 0.3) is 0 Å². The maximum absolute atomic E-state index is 15.0. The summed E-state index contributed by atoms with van der Waals surface area (Å²) in [5.74, 6) is -1.81. The quantitative estimate of drug-likeness (QED) is 0.323. The topological polar surface area (TPSA) is 81.2 Å². The van der Waals surface area contributed by atoms with Gasteiger partial charge in [0.15, 0.2) is 0 Å². The fourth-order valence-corrected chi connectivity index (χ4v) is 10.1. The molecule has 7 nitrogen and oxygen atoms in total. The van der Waals surface area contributed by atoms with Crippen LogP contribution in [0.4, 0.5) is 5.69 Å². The van der Waals surface area contributed by atoms with Crippen molar-refractivity contribution < 1.29 is 19.5 Å². The summed E-state index contributed by atoms with van der Waals surface area (Å²) in [6, 6.07) is 14.7. The minimum atomic E-state index is -0.903. The van der Waals surface area contributed by atoms with E-state index < -0.39 is 28.7 Å². The van der Waals surface area contributed by atoms with E-state index >= 15 is 0 Å². The zero-order valence-electron chi connectivity index (χ0n) is 24.8. The fourth-order valence-electron chi connectivity index (χ4n) is 7.53. The van der Waals surface area contributed by atoms with Crippen LogP contribution in [-0.4, -0.2) is 74.9 Å². The zero-order chi connectivity index (χ0) is 30.9. The van der Waals surface area contributed by atoms with Gasteiger partial charge in [0.1, 0.15) is 6.04 Å². The monoisotopic (exact) mass is 621 g/mol. The van der Waals surface area contributed by atoms with Crippen molar-refractivity contribution >= 4 is 46.8 Å². The molecular formula is C34H40ClN3O4S. The molecule has 5 rings (SSSR count). The second-order valence-electron chi connectivity index (χ2n) is 11.7. The van der Waals surface area contributed by atoms with Crippen LogP contribution in [0.5, 0.6) is 0 Å². The van der Waals surface area contributed by atoms with Gasteiger partial charge >= 0.3 is 0 Å². The molecule has 1 N–H and O–H groups in total. The van der Waals surface area contributed by atoms with Crippen LogP contribution in [0.1, 0.15) is 38.3 Å². The number of anilines is 1. The van der Waals surface area contributed by atoms with E-state index in [1.54, 1.807) is 62.9 Å². The van der Waals surface area contributed by atoms with Gasteiger partial charge in [0.2, 0.25) is 11.8 Å². The van der Waals surface area contributed by atoms with Crippen molar-refractivity contribution in [2.75, 3.05) is 31.1 Å². The summed E-state index contributed by atoms with van der Waals surface area (Å²) in [6.45, 7) is 12.7. The summed E-state index contributed by atoms with van der Waals surface area (Å²) in [4.78, 5) is 49.0. The first kappa shape index (κ1) is 31.4.